The highest BCUT2D eigenvalue weighted by Gasteiger charge is 2.20. The Hall–Kier alpha value is -1.64. The molecule has 0 bridgehead atoms. The highest BCUT2D eigenvalue weighted by molar-refractivity contribution is 7.60. The van der Waals surface area contributed by atoms with Gasteiger partial charge in [0.05, 0.1) is 7.11 Å². The second-order valence-corrected chi connectivity index (χ2v) is 7.12. The Kier molecular flexibility index (Phi) is 4.81. The van der Waals surface area contributed by atoms with E-state index < -0.39 is 7.52 Å². The quantitative estimate of drug-likeness (QED) is 0.788. The number of ether oxygens (including phenoxy) is 1. The van der Waals surface area contributed by atoms with Gasteiger partial charge in [-0.15, -0.1) is 0 Å². The Morgan fingerprint density at radius 3 is 2.43 bits per heavy atom. The molecule has 6 heteroatoms. The third kappa shape index (κ3) is 3.93. The number of halogens is 1. The number of rotatable bonds is 5. The molecule has 112 valence electrons. The van der Waals surface area contributed by atoms with Crippen molar-refractivity contribution in [1.82, 2.24) is 0 Å². The molecule has 0 aliphatic carbocycles. The normalized spacial score (nSPS) is 13.3. The van der Waals surface area contributed by atoms with E-state index in [1.54, 1.807) is 30.3 Å². The third-order valence-corrected chi connectivity index (χ3v) is 4.53. The number of benzene rings is 2. The molecule has 0 aromatic heterocycles. The van der Waals surface area contributed by atoms with Gasteiger partial charge in [0.2, 0.25) is 0 Å². The summed E-state index contributed by atoms with van der Waals surface area (Å²) < 4.78 is 23.4. The summed E-state index contributed by atoms with van der Waals surface area (Å²) in [6.45, 7) is 3.37. The van der Waals surface area contributed by atoms with E-state index in [0.29, 0.717) is 22.2 Å². The molecule has 0 aliphatic heterocycles. The van der Waals surface area contributed by atoms with E-state index in [2.05, 4.69) is 5.09 Å². The van der Waals surface area contributed by atoms with Gasteiger partial charge in [0.15, 0.2) is 11.5 Å². The van der Waals surface area contributed by atoms with Gasteiger partial charge >= 0.3 is 7.52 Å². The summed E-state index contributed by atoms with van der Waals surface area (Å²) in [4.78, 5) is 0. The molecule has 21 heavy (non-hydrogen) atoms. The van der Waals surface area contributed by atoms with E-state index in [-0.39, 0.29) is 0 Å². The molecular formula is C15H17ClNO3P. The molecule has 0 aliphatic rings. The number of hydrogen-bond acceptors (Lipinski definition) is 3. The predicted molar refractivity (Wildman–Crippen MR) is 87.0 cm³/mol. The van der Waals surface area contributed by atoms with Crippen molar-refractivity contribution in [3.8, 4) is 11.5 Å². The van der Waals surface area contributed by atoms with Crippen LogP contribution in [0.15, 0.2) is 42.5 Å². The second-order valence-electron chi connectivity index (χ2n) is 4.61. The minimum atomic E-state index is -3.11. The third-order valence-electron chi connectivity index (χ3n) is 2.93. The van der Waals surface area contributed by atoms with E-state index in [9.17, 15) is 4.57 Å². The van der Waals surface area contributed by atoms with Gasteiger partial charge in [-0.1, -0.05) is 29.8 Å². The first-order valence-corrected chi connectivity index (χ1v) is 8.81. The first-order chi connectivity index (χ1) is 9.93. The minimum absolute atomic E-state index is 0.429. The lowest BCUT2D eigenvalue weighted by Gasteiger charge is -2.20. The zero-order valence-corrected chi connectivity index (χ0v) is 13.7. The lowest BCUT2D eigenvalue weighted by molar-refractivity contribution is 0.391. The molecule has 2 aromatic rings. The number of anilines is 1. The van der Waals surface area contributed by atoms with Crippen LogP contribution in [0.3, 0.4) is 0 Å². The van der Waals surface area contributed by atoms with Gasteiger partial charge in [0.25, 0.3) is 0 Å². The first kappa shape index (κ1) is 15.7. The molecule has 0 radical (unpaired) electrons. The van der Waals surface area contributed by atoms with Gasteiger partial charge in [-0.3, -0.25) is 4.57 Å². The second kappa shape index (κ2) is 6.42. The highest BCUT2D eigenvalue weighted by atomic mass is 35.5. The summed E-state index contributed by atoms with van der Waals surface area (Å²) in [7, 11) is -1.57. The minimum Gasteiger partial charge on any atom is -0.493 e. The smallest absolute Gasteiger partial charge is 0.338 e. The predicted octanol–water partition coefficient (Wildman–Crippen LogP) is 4.97. The van der Waals surface area contributed by atoms with E-state index in [0.717, 1.165) is 5.56 Å². The fourth-order valence-corrected chi connectivity index (χ4v) is 3.28. The van der Waals surface area contributed by atoms with Crippen LogP contribution >= 0.6 is 19.1 Å². The molecule has 0 saturated carbocycles. The molecule has 0 spiro atoms. The SMILES string of the molecule is COc1ccccc1O[P@](C)(=O)Nc1cccc(Cl)c1C. The molecule has 0 unspecified atom stereocenters. The van der Waals surface area contributed by atoms with Crippen LogP contribution in [-0.4, -0.2) is 13.8 Å². The lowest BCUT2D eigenvalue weighted by atomic mass is 10.2. The fourth-order valence-electron chi connectivity index (χ4n) is 1.85. The number of methoxy groups -OCH3 is 1. The summed E-state index contributed by atoms with van der Waals surface area (Å²) in [5, 5.41) is 3.53. The Balaban J connectivity index is 2.23. The molecule has 0 fully saturated rings. The van der Waals surface area contributed by atoms with Gasteiger partial charge < -0.3 is 14.3 Å². The van der Waals surface area contributed by atoms with Crippen molar-refractivity contribution in [2.24, 2.45) is 0 Å². The maximum atomic E-state index is 12.7. The van der Waals surface area contributed by atoms with Crippen molar-refractivity contribution in [3.63, 3.8) is 0 Å². The standard InChI is InChI=1S/C15H17ClNO3P/c1-11-12(16)7-6-8-13(11)17-21(3,18)20-15-10-5-4-9-14(15)19-2/h4-10H,1-3H3,(H,17,18)/t21-/m0/s1. The molecule has 0 heterocycles. The topological polar surface area (TPSA) is 47.6 Å². The molecule has 0 amide bonds. The summed E-state index contributed by atoms with van der Waals surface area (Å²) in [6.07, 6.45) is 0. The Morgan fingerprint density at radius 2 is 1.76 bits per heavy atom. The van der Waals surface area contributed by atoms with Crippen LogP contribution in [0.5, 0.6) is 11.5 Å². The van der Waals surface area contributed by atoms with Crippen molar-refractivity contribution in [2.75, 3.05) is 18.9 Å². The van der Waals surface area contributed by atoms with Crippen LogP contribution in [0.4, 0.5) is 5.69 Å². The van der Waals surface area contributed by atoms with Crippen molar-refractivity contribution in [2.45, 2.75) is 6.92 Å². The summed E-state index contributed by atoms with van der Waals surface area (Å²) in [5.41, 5.74) is 1.51. The number of nitrogens with one attached hydrogen (secondary N) is 1. The van der Waals surface area contributed by atoms with E-state index in [4.69, 9.17) is 20.9 Å². The molecule has 1 N–H and O–H groups in total. The van der Waals surface area contributed by atoms with Crippen LogP contribution in [0.2, 0.25) is 5.02 Å². The van der Waals surface area contributed by atoms with Crippen LogP contribution in [0.1, 0.15) is 5.56 Å². The molecule has 0 saturated heterocycles. The van der Waals surface area contributed by atoms with Gasteiger partial charge in [-0.05, 0) is 36.8 Å². The van der Waals surface area contributed by atoms with Crippen molar-refractivity contribution >= 4 is 24.8 Å². The number of hydrogen-bond donors (Lipinski definition) is 1. The average Bonchev–Trinajstić information content (AvgIpc) is 2.44. The lowest BCUT2D eigenvalue weighted by Crippen LogP contribution is -2.04. The van der Waals surface area contributed by atoms with Gasteiger partial charge in [-0.2, -0.15) is 0 Å². The maximum Gasteiger partial charge on any atom is 0.338 e. The zero-order chi connectivity index (χ0) is 15.5. The van der Waals surface area contributed by atoms with Crippen LogP contribution in [0.25, 0.3) is 0 Å². The summed E-state index contributed by atoms with van der Waals surface area (Å²) >= 11 is 6.06. The van der Waals surface area contributed by atoms with Gasteiger partial charge in [-0.25, -0.2) is 0 Å². The number of para-hydroxylation sites is 2. The van der Waals surface area contributed by atoms with Gasteiger partial charge in [0, 0.05) is 17.4 Å². The monoisotopic (exact) mass is 325 g/mol. The average molecular weight is 326 g/mol. The maximum absolute atomic E-state index is 12.7. The highest BCUT2D eigenvalue weighted by Crippen LogP contribution is 2.46. The largest absolute Gasteiger partial charge is 0.493 e. The van der Waals surface area contributed by atoms with Crippen molar-refractivity contribution < 1.29 is 13.8 Å². The molecule has 2 rings (SSSR count). The zero-order valence-electron chi connectivity index (χ0n) is 12.1. The molecule has 1 atom stereocenters. The first-order valence-electron chi connectivity index (χ1n) is 6.36. The van der Waals surface area contributed by atoms with E-state index in [1.165, 1.54) is 13.8 Å². The van der Waals surface area contributed by atoms with Crippen LogP contribution < -0.4 is 14.3 Å². The van der Waals surface area contributed by atoms with Gasteiger partial charge in [0.1, 0.15) is 0 Å². The van der Waals surface area contributed by atoms with E-state index in [1.807, 2.05) is 19.1 Å². The molecule has 4 nitrogen and oxygen atoms in total. The van der Waals surface area contributed by atoms with E-state index >= 15 is 0 Å². The summed E-state index contributed by atoms with van der Waals surface area (Å²) in [6, 6.07) is 12.5. The Morgan fingerprint density at radius 1 is 1.10 bits per heavy atom. The molecule has 2 aromatic carbocycles. The molecular weight excluding hydrogens is 309 g/mol. The Labute approximate surface area is 129 Å². The van der Waals surface area contributed by atoms with Crippen molar-refractivity contribution in [1.29, 1.82) is 0 Å². The Bertz CT molecular complexity index is 690. The summed E-state index contributed by atoms with van der Waals surface area (Å²) in [5.74, 6) is 0.960. The van der Waals surface area contributed by atoms with Crippen LogP contribution in [-0.2, 0) is 4.57 Å². The fraction of sp³-hybridized carbons (Fsp3) is 0.200. The van der Waals surface area contributed by atoms with Crippen LogP contribution in [0, 0.1) is 6.92 Å². The van der Waals surface area contributed by atoms with Crippen molar-refractivity contribution in [3.05, 3.63) is 53.1 Å².